The molecular formula is C19H17BrClNO2. The lowest BCUT2D eigenvalue weighted by molar-refractivity contribution is 0.305. The molecule has 0 saturated heterocycles. The lowest BCUT2D eigenvalue weighted by Crippen LogP contribution is -1.95. The molecule has 0 amide bonds. The molecule has 0 aliphatic rings. The first-order chi connectivity index (χ1) is 11.2. The summed E-state index contributed by atoms with van der Waals surface area (Å²) >= 11 is 3.45. The Labute approximate surface area is 155 Å². The molecule has 3 nitrogen and oxygen atoms in total. The van der Waals surface area contributed by atoms with E-state index in [1.807, 2.05) is 72.8 Å². The average Bonchev–Trinajstić information content (AvgIpc) is 2.56. The van der Waals surface area contributed by atoms with Gasteiger partial charge in [-0.05, 0) is 54.1 Å². The Kier molecular flexibility index (Phi) is 6.53. The zero-order valence-corrected chi connectivity index (χ0v) is 15.2. The van der Waals surface area contributed by atoms with E-state index in [9.17, 15) is 0 Å². The zero-order valence-electron chi connectivity index (χ0n) is 12.8. The van der Waals surface area contributed by atoms with Crippen molar-refractivity contribution in [1.29, 1.82) is 0 Å². The van der Waals surface area contributed by atoms with E-state index in [-0.39, 0.29) is 12.4 Å². The first-order valence-electron chi connectivity index (χ1n) is 7.20. The SMILES string of the molecule is Cl.Nc1ccccc1Oc1ccc(OCc2cccc(Br)c2)cc1. The number of nitrogens with two attached hydrogens (primary N) is 1. The van der Waals surface area contributed by atoms with Crippen molar-refractivity contribution in [3.63, 3.8) is 0 Å². The minimum atomic E-state index is 0. The standard InChI is InChI=1S/C19H16BrNO2.ClH/c20-15-5-3-4-14(12-15)13-22-16-8-10-17(11-9-16)23-19-7-2-1-6-18(19)21;/h1-12H,13,21H2;1H. The van der Waals surface area contributed by atoms with Crippen LogP contribution in [0.3, 0.4) is 0 Å². The Morgan fingerprint density at radius 3 is 2.25 bits per heavy atom. The number of ether oxygens (including phenoxy) is 2. The van der Waals surface area contributed by atoms with Crippen LogP contribution in [-0.2, 0) is 6.61 Å². The van der Waals surface area contributed by atoms with Crippen LogP contribution in [-0.4, -0.2) is 0 Å². The maximum absolute atomic E-state index is 5.87. The summed E-state index contributed by atoms with van der Waals surface area (Å²) < 4.78 is 12.6. The van der Waals surface area contributed by atoms with Gasteiger partial charge in [0.15, 0.2) is 0 Å². The summed E-state index contributed by atoms with van der Waals surface area (Å²) in [5, 5.41) is 0. The van der Waals surface area contributed by atoms with E-state index < -0.39 is 0 Å². The maximum Gasteiger partial charge on any atom is 0.150 e. The Morgan fingerprint density at radius 1 is 0.833 bits per heavy atom. The number of anilines is 1. The molecule has 0 aliphatic heterocycles. The van der Waals surface area contributed by atoms with Crippen molar-refractivity contribution in [1.82, 2.24) is 0 Å². The van der Waals surface area contributed by atoms with Crippen molar-refractivity contribution in [3.05, 3.63) is 82.8 Å². The quantitative estimate of drug-likeness (QED) is 0.543. The van der Waals surface area contributed by atoms with Crippen LogP contribution >= 0.6 is 28.3 Å². The van der Waals surface area contributed by atoms with Crippen molar-refractivity contribution >= 4 is 34.0 Å². The van der Waals surface area contributed by atoms with Gasteiger partial charge in [-0.25, -0.2) is 0 Å². The monoisotopic (exact) mass is 405 g/mol. The number of halogens is 2. The van der Waals surface area contributed by atoms with E-state index in [1.54, 1.807) is 0 Å². The van der Waals surface area contributed by atoms with Gasteiger partial charge in [-0.1, -0.05) is 40.2 Å². The van der Waals surface area contributed by atoms with Gasteiger partial charge < -0.3 is 15.2 Å². The molecule has 0 spiro atoms. The van der Waals surface area contributed by atoms with Gasteiger partial charge in [0.05, 0.1) is 5.69 Å². The van der Waals surface area contributed by atoms with Crippen LogP contribution in [0.2, 0.25) is 0 Å². The van der Waals surface area contributed by atoms with Crippen LogP contribution in [0.5, 0.6) is 17.2 Å². The lowest BCUT2D eigenvalue weighted by Gasteiger charge is -2.10. The molecule has 3 aromatic rings. The van der Waals surface area contributed by atoms with E-state index in [2.05, 4.69) is 15.9 Å². The van der Waals surface area contributed by atoms with Crippen molar-refractivity contribution in [2.24, 2.45) is 0 Å². The second-order valence-corrected chi connectivity index (χ2v) is 5.95. The molecule has 5 heteroatoms. The second-order valence-electron chi connectivity index (χ2n) is 5.03. The molecular weight excluding hydrogens is 390 g/mol. The van der Waals surface area contributed by atoms with Crippen LogP contribution in [0, 0.1) is 0 Å². The van der Waals surface area contributed by atoms with E-state index in [4.69, 9.17) is 15.2 Å². The summed E-state index contributed by atoms with van der Waals surface area (Å²) in [4.78, 5) is 0. The van der Waals surface area contributed by atoms with Crippen LogP contribution in [0.4, 0.5) is 5.69 Å². The van der Waals surface area contributed by atoms with Crippen molar-refractivity contribution in [2.75, 3.05) is 5.73 Å². The van der Waals surface area contributed by atoms with E-state index >= 15 is 0 Å². The van der Waals surface area contributed by atoms with Gasteiger partial charge in [-0.3, -0.25) is 0 Å². The molecule has 0 atom stereocenters. The first kappa shape index (κ1) is 18.2. The summed E-state index contributed by atoms with van der Waals surface area (Å²) in [5.41, 5.74) is 7.59. The third-order valence-corrected chi connectivity index (χ3v) is 3.76. The number of para-hydroxylation sites is 2. The van der Waals surface area contributed by atoms with Crippen LogP contribution in [0.25, 0.3) is 0 Å². The summed E-state index contributed by atoms with van der Waals surface area (Å²) in [7, 11) is 0. The van der Waals surface area contributed by atoms with Crippen molar-refractivity contribution < 1.29 is 9.47 Å². The van der Waals surface area contributed by atoms with Crippen LogP contribution in [0.15, 0.2) is 77.3 Å². The summed E-state index contributed by atoms with van der Waals surface area (Å²) in [6, 6.07) is 23.0. The summed E-state index contributed by atoms with van der Waals surface area (Å²) in [6.45, 7) is 0.519. The van der Waals surface area contributed by atoms with Crippen molar-refractivity contribution in [3.8, 4) is 17.2 Å². The van der Waals surface area contributed by atoms with Gasteiger partial charge >= 0.3 is 0 Å². The predicted molar refractivity (Wildman–Crippen MR) is 103 cm³/mol. The maximum atomic E-state index is 5.87. The molecule has 0 bridgehead atoms. The zero-order chi connectivity index (χ0) is 16.1. The molecule has 0 aromatic heterocycles. The molecule has 0 heterocycles. The highest BCUT2D eigenvalue weighted by Crippen LogP contribution is 2.28. The van der Waals surface area contributed by atoms with Crippen LogP contribution in [0.1, 0.15) is 5.56 Å². The normalized spacial score (nSPS) is 9.88. The largest absolute Gasteiger partial charge is 0.489 e. The highest BCUT2D eigenvalue weighted by atomic mass is 79.9. The average molecular weight is 407 g/mol. The topological polar surface area (TPSA) is 44.5 Å². The van der Waals surface area contributed by atoms with E-state index in [0.29, 0.717) is 18.0 Å². The summed E-state index contributed by atoms with van der Waals surface area (Å²) in [5.74, 6) is 2.16. The highest BCUT2D eigenvalue weighted by Gasteiger charge is 2.02. The van der Waals surface area contributed by atoms with Gasteiger partial charge in [-0.15, -0.1) is 12.4 Å². The molecule has 0 unspecified atom stereocenters. The van der Waals surface area contributed by atoms with Crippen LogP contribution < -0.4 is 15.2 Å². The minimum absolute atomic E-state index is 0. The minimum Gasteiger partial charge on any atom is -0.489 e. The number of nitrogen functional groups attached to an aromatic ring is 1. The van der Waals surface area contributed by atoms with E-state index in [1.165, 1.54) is 0 Å². The van der Waals surface area contributed by atoms with Gasteiger partial charge in [0, 0.05) is 4.47 Å². The first-order valence-corrected chi connectivity index (χ1v) is 8.00. The molecule has 124 valence electrons. The number of hydrogen-bond donors (Lipinski definition) is 1. The Hall–Kier alpha value is -2.17. The number of benzene rings is 3. The van der Waals surface area contributed by atoms with Gasteiger partial charge in [-0.2, -0.15) is 0 Å². The summed E-state index contributed by atoms with van der Waals surface area (Å²) in [6.07, 6.45) is 0. The Morgan fingerprint density at radius 2 is 1.54 bits per heavy atom. The van der Waals surface area contributed by atoms with E-state index in [0.717, 1.165) is 21.5 Å². The Balaban J connectivity index is 0.00000208. The fourth-order valence-corrected chi connectivity index (χ4v) is 2.54. The third kappa shape index (κ3) is 4.91. The second kappa shape index (κ2) is 8.62. The molecule has 3 aromatic carbocycles. The predicted octanol–water partition coefficient (Wildman–Crippen LogP) is 5.82. The highest BCUT2D eigenvalue weighted by molar-refractivity contribution is 9.10. The molecule has 0 saturated carbocycles. The van der Waals surface area contributed by atoms with Crippen molar-refractivity contribution in [2.45, 2.75) is 6.61 Å². The molecule has 0 radical (unpaired) electrons. The van der Waals surface area contributed by atoms with Gasteiger partial charge in [0.1, 0.15) is 23.9 Å². The lowest BCUT2D eigenvalue weighted by atomic mass is 10.2. The smallest absolute Gasteiger partial charge is 0.150 e. The third-order valence-electron chi connectivity index (χ3n) is 3.27. The fraction of sp³-hybridized carbons (Fsp3) is 0.0526. The number of rotatable bonds is 5. The fourth-order valence-electron chi connectivity index (χ4n) is 2.10. The van der Waals surface area contributed by atoms with Gasteiger partial charge in [0.2, 0.25) is 0 Å². The van der Waals surface area contributed by atoms with Gasteiger partial charge in [0.25, 0.3) is 0 Å². The number of hydrogen-bond acceptors (Lipinski definition) is 3. The molecule has 2 N–H and O–H groups in total. The molecule has 3 rings (SSSR count). The molecule has 24 heavy (non-hydrogen) atoms. The molecule has 0 aliphatic carbocycles. The molecule has 0 fully saturated rings. The Bertz CT molecular complexity index is 793.